The fourth-order valence-electron chi connectivity index (χ4n) is 8.00. The summed E-state index contributed by atoms with van der Waals surface area (Å²) >= 11 is 0. The van der Waals surface area contributed by atoms with Crippen LogP contribution in [-0.4, -0.2) is 123 Å². The number of aliphatic imine (C=N–C) groups is 1. The molecule has 0 atom stereocenters. The van der Waals surface area contributed by atoms with Gasteiger partial charge in [-0.15, -0.1) is 0 Å². The van der Waals surface area contributed by atoms with E-state index in [0.29, 0.717) is 99.5 Å². The van der Waals surface area contributed by atoms with Crippen LogP contribution in [0.5, 0.6) is 0 Å². The van der Waals surface area contributed by atoms with Crippen molar-refractivity contribution in [2.75, 3.05) is 78.8 Å². The zero-order valence-electron chi connectivity index (χ0n) is 28.8. The summed E-state index contributed by atoms with van der Waals surface area (Å²) in [5, 5.41) is 20.7. The number of nitrogens with two attached hydrogens (primary N) is 1. The minimum absolute atomic E-state index is 0.0174. The average molecular weight is 705 g/mol. The number of nitrogens with one attached hydrogen (secondary N) is 2. The van der Waals surface area contributed by atoms with E-state index in [1.54, 1.807) is 24.3 Å². The maximum absolute atomic E-state index is 14.1. The summed E-state index contributed by atoms with van der Waals surface area (Å²) in [6, 6.07) is 11.9. The Balaban J connectivity index is 1.28. The summed E-state index contributed by atoms with van der Waals surface area (Å²) in [6.45, 7) is 8.76. The van der Waals surface area contributed by atoms with Crippen LogP contribution >= 0.6 is 0 Å². The van der Waals surface area contributed by atoms with Crippen molar-refractivity contribution in [1.29, 1.82) is 0 Å². The number of rotatable bonds is 11. The predicted octanol–water partition coefficient (Wildman–Crippen LogP) is 3.20. The van der Waals surface area contributed by atoms with Crippen LogP contribution in [-0.2, 0) is 9.47 Å². The molecule has 5 aromatic carbocycles. The molecule has 0 saturated carbocycles. The molecule has 3 aliphatic heterocycles. The number of carbonyl (C=O) groups excluding carboxylic acids is 3. The first kappa shape index (κ1) is 33.9. The van der Waals surface area contributed by atoms with Crippen LogP contribution in [0.4, 0.5) is 0 Å². The van der Waals surface area contributed by atoms with Crippen LogP contribution < -0.4 is 16.4 Å². The van der Waals surface area contributed by atoms with Crippen LogP contribution in [0.25, 0.3) is 43.1 Å². The smallest absolute Gasteiger partial charge is 0.336 e. The SMILES string of the molecule is NC(=NCCCN1CCOCC1)c1cc(C(=O)O)c2c3ccc4c5c(ccc(c6ccc(C(=O)NCCCN7CCOCC7)c1c62)c53)C(=O)NC4=O. The number of carboxylic acids is 1. The second kappa shape index (κ2) is 14.1. The van der Waals surface area contributed by atoms with Crippen molar-refractivity contribution in [2.24, 2.45) is 10.7 Å². The van der Waals surface area contributed by atoms with E-state index in [1.807, 2.05) is 12.1 Å². The maximum atomic E-state index is 14.1. The topological polar surface area (TPSA) is 176 Å². The third-order valence-corrected chi connectivity index (χ3v) is 10.5. The predicted molar refractivity (Wildman–Crippen MR) is 198 cm³/mol. The molecule has 52 heavy (non-hydrogen) atoms. The van der Waals surface area contributed by atoms with Gasteiger partial charge in [-0.1, -0.05) is 18.2 Å². The van der Waals surface area contributed by atoms with E-state index >= 15 is 0 Å². The molecule has 3 heterocycles. The van der Waals surface area contributed by atoms with Gasteiger partial charge in [-0.3, -0.25) is 34.5 Å². The lowest BCUT2D eigenvalue weighted by Gasteiger charge is -2.26. The number of benzene rings is 5. The van der Waals surface area contributed by atoms with Gasteiger partial charge >= 0.3 is 5.97 Å². The molecular formula is C39H40N6O7. The van der Waals surface area contributed by atoms with Gasteiger partial charge in [-0.25, -0.2) is 4.79 Å². The second-order valence-corrected chi connectivity index (χ2v) is 13.6. The lowest BCUT2D eigenvalue weighted by Crippen LogP contribution is -2.38. The second-order valence-electron chi connectivity index (χ2n) is 13.6. The first-order chi connectivity index (χ1) is 25.3. The maximum Gasteiger partial charge on any atom is 0.336 e. The van der Waals surface area contributed by atoms with Gasteiger partial charge in [-0.2, -0.15) is 0 Å². The van der Waals surface area contributed by atoms with Crippen molar-refractivity contribution in [3.63, 3.8) is 0 Å². The highest BCUT2D eigenvalue weighted by Crippen LogP contribution is 2.46. The highest BCUT2D eigenvalue weighted by atomic mass is 16.5. The molecule has 268 valence electrons. The van der Waals surface area contributed by atoms with Gasteiger partial charge in [0.1, 0.15) is 5.84 Å². The Labute approximate surface area is 299 Å². The molecule has 0 bridgehead atoms. The number of ether oxygens (including phenoxy) is 2. The van der Waals surface area contributed by atoms with Gasteiger partial charge in [0.25, 0.3) is 17.7 Å². The Bertz CT molecular complexity index is 2270. The number of amidine groups is 1. The summed E-state index contributed by atoms with van der Waals surface area (Å²) < 4.78 is 10.9. The van der Waals surface area contributed by atoms with Gasteiger partial charge in [-0.05, 0) is 70.6 Å². The molecule has 5 N–H and O–H groups in total. The van der Waals surface area contributed by atoms with Gasteiger partial charge < -0.3 is 25.6 Å². The van der Waals surface area contributed by atoms with E-state index in [-0.39, 0.29) is 17.3 Å². The van der Waals surface area contributed by atoms with E-state index < -0.39 is 17.8 Å². The van der Waals surface area contributed by atoms with Crippen molar-refractivity contribution >= 4 is 72.6 Å². The van der Waals surface area contributed by atoms with Crippen molar-refractivity contribution in [1.82, 2.24) is 20.4 Å². The van der Waals surface area contributed by atoms with Crippen LogP contribution in [0, 0.1) is 0 Å². The number of morpholine rings is 2. The molecule has 13 nitrogen and oxygen atoms in total. The van der Waals surface area contributed by atoms with Gasteiger partial charge in [0, 0.05) is 84.2 Å². The third kappa shape index (κ3) is 5.99. The van der Waals surface area contributed by atoms with E-state index in [2.05, 4.69) is 20.4 Å². The minimum Gasteiger partial charge on any atom is -0.478 e. The zero-order chi connectivity index (χ0) is 35.9. The fraction of sp³-hybridized carbons (Fsp3) is 0.359. The van der Waals surface area contributed by atoms with Crippen molar-refractivity contribution in [3.8, 4) is 0 Å². The molecule has 2 saturated heterocycles. The lowest BCUT2D eigenvalue weighted by molar-refractivity contribution is 0.0374. The minimum atomic E-state index is -1.18. The Morgan fingerprint density at radius 3 is 1.98 bits per heavy atom. The largest absolute Gasteiger partial charge is 0.478 e. The Morgan fingerprint density at radius 2 is 1.33 bits per heavy atom. The molecule has 2 fully saturated rings. The number of hydrogen-bond acceptors (Lipinski definition) is 9. The number of imide groups is 1. The molecule has 0 spiro atoms. The van der Waals surface area contributed by atoms with Crippen molar-refractivity contribution < 1.29 is 33.8 Å². The molecule has 8 rings (SSSR count). The molecule has 0 radical (unpaired) electrons. The van der Waals surface area contributed by atoms with E-state index in [9.17, 15) is 24.3 Å². The van der Waals surface area contributed by atoms with Gasteiger partial charge in [0.15, 0.2) is 0 Å². The molecular weight excluding hydrogens is 664 g/mol. The molecule has 0 aromatic heterocycles. The molecule has 3 amide bonds. The fourth-order valence-corrected chi connectivity index (χ4v) is 8.00. The summed E-state index contributed by atoms with van der Waals surface area (Å²) in [4.78, 5) is 62.4. The number of amides is 3. The Hall–Kier alpha value is -5.21. The first-order valence-electron chi connectivity index (χ1n) is 17.8. The number of aromatic carboxylic acids is 1. The summed E-state index contributed by atoms with van der Waals surface area (Å²) in [7, 11) is 0. The van der Waals surface area contributed by atoms with Crippen molar-refractivity contribution in [3.05, 3.63) is 70.3 Å². The number of carboxylic acid groups (broad SMARTS) is 1. The van der Waals surface area contributed by atoms with E-state index in [0.717, 1.165) is 57.5 Å². The molecule has 0 unspecified atom stereocenters. The third-order valence-electron chi connectivity index (χ3n) is 10.5. The average Bonchev–Trinajstić information content (AvgIpc) is 3.16. The van der Waals surface area contributed by atoms with E-state index in [4.69, 9.17) is 20.2 Å². The summed E-state index contributed by atoms with van der Waals surface area (Å²) in [6.07, 6.45) is 1.50. The molecule has 0 aliphatic carbocycles. The van der Waals surface area contributed by atoms with Crippen LogP contribution in [0.2, 0.25) is 0 Å². The number of nitrogens with zero attached hydrogens (tertiary/aromatic N) is 3. The van der Waals surface area contributed by atoms with E-state index in [1.165, 1.54) is 6.07 Å². The molecule has 3 aliphatic rings. The highest BCUT2D eigenvalue weighted by molar-refractivity contribution is 6.41. The van der Waals surface area contributed by atoms with Crippen molar-refractivity contribution in [2.45, 2.75) is 12.8 Å². The normalized spacial score (nSPS) is 17.4. The van der Waals surface area contributed by atoms with Gasteiger partial charge in [0.05, 0.1) is 32.0 Å². The standard InChI is InChI=1S/C39H40N6O7/c40-35(41-9-1-11-44-13-17-51-18-14-44)28-21-29(39(49)50)31-24-5-8-27-32-26(37(47)43-38(27)48)7-3-22(30(24)32)23-4-6-25(33(28)34(23)31)36(46)42-10-2-12-45-15-19-52-20-16-45/h3-8,21H,1-2,9-20H2,(H2,40,41)(H,42,46)(H,49,50)(H,43,47,48). The molecule has 13 heteroatoms. The number of hydrogen-bond donors (Lipinski definition) is 4. The number of fused-ring (bicyclic) bond motifs is 2. The molecule has 5 aromatic rings. The Kier molecular flexibility index (Phi) is 9.18. The first-order valence-corrected chi connectivity index (χ1v) is 17.8. The zero-order valence-corrected chi connectivity index (χ0v) is 28.8. The van der Waals surface area contributed by atoms with Crippen LogP contribution in [0.1, 0.15) is 59.8 Å². The quantitative estimate of drug-likeness (QED) is 0.0399. The lowest BCUT2D eigenvalue weighted by atomic mass is 9.81. The monoisotopic (exact) mass is 704 g/mol. The Morgan fingerprint density at radius 1 is 0.731 bits per heavy atom. The van der Waals surface area contributed by atoms with Crippen LogP contribution in [0.15, 0.2) is 47.5 Å². The van der Waals surface area contributed by atoms with Crippen LogP contribution in [0.3, 0.4) is 0 Å². The summed E-state index contributed by atoms with van der Waals surface area (Å²) in [5.41, 5.74) is 8.12. The van der Waals surface area contributed by atoms with Gasteiger partial charge in [0.2, 0.25) is 0 Å². The highest BCUT2D eigenvalue weighted by Gasteiger charge is 2.30. The number of carbonyl (C=O) groups is 4. The summed E-state index contributed by atoms with van der Waals surface area (Å²) in [5.74, 6) is -2.36.